The third kappa shape index (κ3) is 1.62. The highest BCUT2D eigenvalue weighted by atomic mass is 15.2. The van der Waals surface area contributed by atoms with Gasteiger partial charge in [-0.3, -0.25) is 4.90 Å². The Kier molecular flexibility index (Phi) is 2.25. The van der Waals surface area contributed by atoms with Crippen molar-refractivity contribution in [3.63, 3.8) is 0 Å². The fraction of sp³-hybridized carbons (Fsp3) is 0.875. The van der Waals surface area contributed by atoms with Crippen LogP contribution in [0.3, 0.4) is 0 Å². The molecule has 17 heavy (non-hydrogen) atoms. The highest BCUT2D eigenvalue weighted by Gasteiger charge is 2.53. The third-order valence-electron chi connectivity index (χ3n) is 6.11. The monoisotopic (exact) mass is 231 g/mol. The molecule has 1 nitrogen and oxygen atoms in total. The lowest BCUT2D eigenvalue weighted by molar-refractivity contribution is -0.0857. The molecule has 4 fully saturated rings. The van der Waals surface area contributed by atoms with E-state index in [0.717, 1.165) is 17.8 Å². The van der Waals surface area contributed by atoms with Gasteiger partial charge >= 0.3 is 0 Å². The number of hydrogen-bond acceptors (Lipinski definition) is 1. The smallest absolute Gasteiger partial charge is 0.0220 e. The van der Waals surface area contributed by atoms with Gasteiger partial charge < -0.3 is 0 Å². The highest BCUT2D eigenvalue weighted by molar-refractivity contribution is 5.12. The predicted molar refractivity (Wildman–Crippen MR) is 70.9 cm³/mol. The normalized spacial score (nSPS) is 49.5. The largest absolute Gasteiger partial charge is 0.294 e. The average Bonchev–Trinajstić information content (AvgIpc) is 2.27. The Balaban J connectivity index is 1.60. The van der Waals surface area contributed by atoms with E-state index in [1.54, 1.807) is 24.8 Å². The summed E-state index contributed by atoms with van der Waals surface area (Å²) in [7, 11) is 0. The molecule has 0 unspecified atom stereocenters. The summed E-state index contributed by atoms with van der Waals surface area (Å²) in [6.45, 7) is 4.89. The topological polar surface area (TPSA) is 3.24 Å². The highest BCUT2D eigenvalue weighted by Crippen LogP contribution is 2.57. The van der Waals surface area contributed by atoms with Crippen LogP contribution in [-0.2, 0) is 0 Å². The fourth-order valence-electron chi connectivity index (χ4n) is 5.65. The molecule has 0 aromatic rings. The van der Waals surface area contributed by atoms with E-state index in [-0.39, 0.29) is 0 Å². The zero-order valence-corrected chi connectivity index (χ0v) is 11.1. The molecule has 0 amide bonds. The molecule has 94 valence electrons. The van der Waals surface area contributed by atoms with Crippen LogP contribution >= 0.6 is 0 Å². The van der Waals surface area contributed by atoms with E-state index in [1.165, 1.54) is 38.8 Å². The van der Waals surface area contributed by atoms with Crippen molar-refractivity contribution in [3.8, 4) is 0 Å². The molecule has 0 radical (unpaired) electrons. The van der Waals surface area contributed by atoms with E-state index in [9.17, 15) is 0 Å². The first-order valence-electron chi connectivity index (χ1n) is 7.64. The molecule has 0 aromatic heterocycles. The zero-order valence-electron chi connectivity index (χ0n) is 11.1. The Hall–Kier alpha value is -0.300. The summed E-state index contributed by atoms with van der Waals surface area (Å²) < 4.78 is 0. The maximum atomic E-state index is 2.87. The van der Waals surface area contributed by atoms with Crippen molar-refractivity contribution in [2.45, 2.75) is 57.4 Å². The molecular weight excluding hydrogens is 206 g/mol. The van der Waals surface area contributed by atoms with Gasteiger partial charge in [-0.1, -0.05) is 11.6 Å². The van der Waals surface area contributed by atoms with Gasteiger partial charge in [0.25, 0.3) is 0 Å². The zero-order chi connectivity index (χ0) is 11.5. The summed E-state index contributed by atoms with van der Waals surface area (Å²) in [6.07, 6.45) is 13.1. The number of rotatable bonds is 1. The van der Waals surface area contributed by atoms with E-state index in [1.807, 2.05) is 0 Å². The van der Waals surface area contributed by atoms with Gasteiger partial charge in [-0.25, -0.2) is 0 Å². The van der Waals surface area contributed by atoms with Crippen molar-refractivity contribution in [3.05, 3.63) is 11.6 Å². The molecule has 5 rings (SSSR count). The number of nitrogens with zero attached hydrogens (tertiary/aromatic N) is 1. The lowest BCUT2D eigenvalue weighted by Crippen LogP contribution is -2.60. The van der Waals surface area contributed by atoms with Crippen LogP contribution in [0, 0.1) is 17.8 Å². The summed E-state index contributed by atoms with van der Waals surface area (Å²) in [5.74, 6) is 3.27. The van der Waals surface area contributed by atoms with Gasteiger partial charge in [-0.15, -0.1) is 0 Å². The van der Waals surface area contributed by atoms with Crippen molar-refractivity contribution in [1.29, 1.82) is 0 Å². The van der Waals surface area contributed by atoms with Crippen molar-refractivity contribution in [2.75, 3.05) is 13.1 Å². The van der Waals surface area contributed by atoms with Crippen LogP contribution < -0.4 is 0 Å². The number of hydrogen-bond donors (Lipinski definition) is 0. The average molecular weight is 231 g/mol. The lowest BCUT2D eigenvalue weighted by Gasteiger charge is -2.61. The molecule has 5 aliphatic rings. The van der Waals surface area contributed by atoms with Gasteiger partial charge in [-0.2, -0.15) is 0 Å². The van der Waals surface area contributed by atoms with Gasteiger partial charge in [-0.05, 0) is 69.6 Å². The Morgan fingerprint density at radius 3 is 2.12 bits per heavy atom. The maximum Gasteiger partial charge on any atom is 0.0220 e. The van der Waals surface area contributed by atoms with Gasteiger partial charge in [0.05, 0.1) is 0 Å². The molecule has 1 heterocycles. The van der Waals surface area contributed by atoms with Gasteiger partial charge in [0.1, 0.15) is 0 Å². The van der Waals surface area contributed by atoms with E-state index in [0.29, 0.717) is 5.54 Å². The molecule has 0 atom stereocenters. The first-order chi connectivity index (χ1) is 8.23. The van der Waals surface area contributed by atoms with Crippen molar-refractivity contribution >= 4 is 0 Å². The second kappa shape index (κ2) is 3.60. The Bertz CT molecular complexity index is 319. The molecule has 1 aliphatic heterocycles. The van der Waals surface area contributed by atoms with E-state index in [2.05, 4.69) is 17.9 Å². The Labute approximate surface area is 105 Å². The summed E-state index contributed by atoms with van der Waals surface area (Å²) in [6, 6.07) is 0. The van der Waals surface area contributed by atoms with Crippen LogP contribution in [0.5, 0.6) is 0 Å². The molecule has 0 saturated heterocycles. The second-order valence-electron chi connectivity index (χ2n) is 7.39. The van der Waals surface area contributed by atoms with Crippen LogP contribution in [0.15, 0.2) is 11.6 Å². The summed E-state index contributed by atoms with van der Waals surface area (Å²) in [5.41, 5.74) is 2.26. The van der Waals surface area contributed by atoms with Crippen molar-refractivity contribution in [2.24, 2.45) is 17.8 Å². The maximum absolute atomic E-state index is 2.87. The lowest BCUT2D eigenvalue weighted by atomic mass is 9.52. The standard InChI is InChI=1S/C16H25N/c1-12-2-4-17(5-3-12)16-9-13-6-14(10-16)8-15(7-13)11-16/h2,13-15H,3-11H2,1H3. The van der Waals surface area contributed by atoms with Gasteiger partial charge in [0.2, 0.25) is 0 Å². The van der Waals surface area contributed by atoms with Gasteiger partial charge in [0.15, 0.2) is 0 Å². The first kappa shape index (κ1) is 10.6. The molecule has 4 saturated carbocycles. The molecule has 1 heteroatoms. The van der Waals surface area contributed by atoms with Crippen LogP contribution in [0.1, 0.15) is 51.9 Å². The predicted octanol–water partition coefficient (Wildman–Crippen LogP) is 3.61. The van der Waals surface area contributed by atoms with E-state index >= 15 is 0 Å². The molecular formula is C16H25N. The Morgan fingerprint density at radius 1 is 1.06 bits per heavy atom. The Morgan fingerprint density at radius 2 is 1.65 bits per heavy atom. The molecule has 4 bridgehead atoms. The molecule has 0 spiro atoms. The van der Waals surface area contributed by atoms with Crippen LogP contribution in [0.2, 0.25) is 0 Å². The quantitative estimate of drug-likeness (QED) is 0.623. The molecule has 4 aliphatic carbocycles. The molecule has 0 aromatic carbocycles. The van der Waals surface area contributed by atoms with Crippen molar-refractivity contribution in [1.82, 2.24) is 4.90 Å². The summed E-state index contributed by atoms with van der Waals surface area (Å²) in [5, 5.41) is 0. The van der Waals surface area contributed by atoms with E-state index < -0.39 is 0 Å². The minimum absolute atomic E-state index is 0.645. The second-order valence-corrected chi connectivity index (χ2v) is 7.39. The summed E-state index contributed by atoms with van der Waals surface area (Å²) >= 11 is 0. The molecule has 0 N–H and O–H groups in total. The van der Waals surface area contributed by atoms with Crippen LogP contribution in [-0.4, -0.2) is 23.5 Å². The third-order valence-corrected chi connectivity index (χ3v) is 6.11. The fourth-order valence-corrected chi connectivity index (χ4v) is 5.65. The van der Waals surface area contributed by atoms with E-state index in [4.69, 9.17) is 0 Å². The first-order valence-corrected chi connectivity index (χ1v) is 7.64. The van der Waals surface area contributed by atoms with Crippen LogP contribution in [0.4, 0.5) is 0 Å². The van der Waals surface area contributed by atoms with Crippen LogP contribution in [0.25, 0.3) is 0 Å². The SMILES string of the molecule is CC1=CCN(C23CC4CC(CC(C4)C2)C3)CC1. The van der Waals surface area contributed by atoms with Crippen molar-refractivity contribution < 1.29 is 0 Å². The summed E-state index contributed by atoms with van der Waals surface area (Å²) in [4.78, 5) is 2.87. The minimum Gasteiger partial charge on any atom is -0.294 e. The van der Waals surface area contributed by atoms with Gasteiger partial charge in [0, 0.05) is 18.6 Å². The minimum atomic E-state index is 0.645.